The van der Waals surface area contributed by atoms with Crippen LogP contribution in [0.2, 0.25) is 0 Å². The molecule has 0 aliphatic heterocycles. The van der Waals surface area contributed by atoms with Gasteiger partial charge in [0, 0.05) is 20.1 Å². The number of anilines is 1. The molecule has 9 heteroatoms. The second-order valence-corrected chi connectivity index (χ2v) is 4.58. The van der Waals surface area contributed by atoms with Crippen molar-refractivity contribution in [1.29, 1.82) is 0 Å². The number of nitrogens with one attached hydrogen (secondary N) is 1. The SMILES string of the molecule is CCOC(Cn1ncc(C(=O)OCCNC(C)=O)c1N)OCC. The van der Waals surface area contributed by atoms with Gasteiger partial charge in [-0.1, -0.05) is 0 Å². The summed E-state index contributed by atoms with van der Waals surface area (Å²) in [4.78, 5) is 22.6. The second kappa shape index (κ2) is 9.80. The Kier molecular flexibility index (Phi) is 8.06. The summed E-state index contributed by atoms with van der Waals surface area (Å²) in [6.07, 6.45) is 0.848. The summed E-state index contributed by atoms with van der Waals surface area (Å²) < 4.78 is 17.3. The summed E-state index contributed by atoms with van der Waals surface area (Å²) in [6.45, 7) is 6.65. The Balaban J connectivity index is 2.60. The minimum absolute atomic E-state index is 0.0591. The molecule has 0 aromatic carbocycles. The van der Waals surface area contributed by atoms with E-state index in [4.69, 9.17) is 19.9 Å². The van der Waals surface area contributed by atoms with E-state index in [-0.39, 0.29) is 37.0 Å². The number of hydrogen-bond donors (Lipinski definition) is 2. The van der Waals surface area contributed by atoms with Crippen LogP contribution in [0.3, 0.4) is 0 Å². The van der Waals surface area contributed by atoms with E-state index in [9.17, 15) is 9.59 Å². The molecule has 0 saturated carbocycles. The molecule has 0 aliphatic carbocycles. The van der Waals surface area contributed by atoms with Gasteiger partial charge in [0.15, 0.2) is 6.29 Å². The van der Waals surface area contributed by atoms with Gasteiger partial charge in [-0.15, -0.1) is 0 Å². The van der Waals surface area contributed by atoms with E-state index in [1.54, 1.807) is 0 Å². The Labute approximate surface area is 135 Å². The molecule has 3 N–H and O–H groups in total. The first-order chi connectivity index (χ1) is 11.0. The third-order valence-electron chi connectivity index (χ3n) is 2.84. The lowest BCUT2D eigenvalue weighted by Gasteiger charge is -2.17. The fraction of sp³-hybridized carbons (Fsp3) is 0.643. The number of rotatable bonds is 10. The van der Waals surface area contributed by atoms with Crippen LogP contribution >= 0.6 is 0 Å². The summed E-state index contributed by atoms with van der Waals surface area (Å²) in [6, 6.07) is 0. The Hall–Kier alpha value is -2.13. The highest BCUT2D eigenvalue weighted by Crippen LogP contribution is 2.14. The van der Waals surface area contributed by atoms with Crippen LogP contribution in [-0.4, -0.2) is 54.3 Å². The van der Waals surface area contributed by atoms with Gasteiger partial charge in [0.1, 0.15) is 18.0 Å². The Morgan fingerprint density at radius 3 is 2.57 bits per heavy atom. The number of nitrogens with two attached hydrogens (primary N) is 1. The van der Waals surface area contributed by atoms with E-state index in [1.807, 2.05) is 13.8 Å². The lowest BCUT2D eigenvalue weighted by atomic mass is 10.3. The number of carbonyl (C=O) groups is 2. The Bertz CT molecular complexity index is 511. The minimum atomic E-state index is -0.594. The molecule has 1 rings (SSSR count). The van der Waals surface area contributed by atoms with Gasteiger partial charge >= 0.3 is 5.97 Å². The van der Waals surface area contributed by atoms with Crippen molar-refractivity contribution in [3.63, 3.8) is 0 Å². The van der Waals surface area contributed by atoms with Gasteiger partial charge in [0.2, 0.25) is 5.91 Å². The topological polar surface area (TPSA) is 118 Å². The van der Waals surface area contributed by atoms with Crippen LogP contribution in [0.5, 0.6) is 0 Å². The number of ether oxygens (including phenoxy) is 3. The molecule has 0 aliphatic rings. The van der Waals surface area contributed by atoms with Gasteiger partial charge in [-0.05, 0) is 13.8 Å². The average Bonchev–Trinajstić information content (AvgIpc) is 2.85. The summed E-state index contributed by atoms with van der Waals surface area (Å²) in [5, 5.41) is 6.58. The molecule has 23 heavy (non-hydrogen) atoms. The van der Waals surface area contributed by atoms with E-state index in [1.165, 1.54) is 17.8 Å². The van der Waals surface area contributed by atoms with Crippen molar-refractivity contribution < 1.29 is 23.8 Å². The fourth-order valence-electron chi connectivity index (χ4n) is 1.81. The van der Waals surface area contributed by atoms with Crippen LogP contribution in [0.1, 0.15) is 31.1 Å². The minimum Gasteiger partial charge on any atom is -0.460 e. The van der Waals surface area contributed by atoms with E-state index in [0.29, 0.717) is 13.2 Å². The molecule has 0 atom stereocenters. The molecule has 0 fully saturated rings. The number of amides is 1. The molecular weight excluding hydrogens is 304 g/mol. The lowest BCUT2D eigenvalue weighted by molar-refractivity contribution is -0.144. The number of nitrogens with zero attached hydrogens (tertiary/aromatic N) is 2. The first-order valence-electron chi connectivity index (χ1n) is 7.45. The molecule has 1 amide bonds. The Morgan fingerprint density at radius 1 is 1.35 bits per heavy atom. The number of carbonyl (C=O) groups excluding carboxylic acids is 2. The maximum atomic E-state index is 11.9. The fourth-order valence-corrected chi connectivity index (χ4v) is 1.81. The molecule has 1 aromatic heterocycles. The van der Waals surface area contributed by atoms with Crippen LogP contribution in [0.4, 0.5) is 5.82 Å². The van der Waals surface area contributed by atoms with Crippen molar-refractivity contribution in [3.8, 4) is 0 Å². The number of nitrogen functional groups attached to an aromatic ring is 1. The zero-order valence-electron chi connectivity index (χ0n) is 13.7. The molecule has 130 valence electrons. The van der Waals surface area contributed by atoms with Crippen molar-refractivity contribution >= 4 is 17.7 Å². The Morgan fingerprint density at radius 2 is 2.00 bits per heavy atom. The standard InChI is InChI=1S/C14H24N4O5/c1-4-21-12(22-5-2)9-18-13(15)11(8-17-18)14(20)23-7-6-16-10(3)19/h8,12H,4-7,9,15H2,1-3H3,(H,16,19). The summed E-state index contributed by atoms with van der Waals surface area (Å²) in [5.74, 6) is -0.603. The quantitative estimate of drug-likeness (QED) is 0.357. The number of hydrogen-bond acceptors (Lipinski definition) is 7. The first kappa shape index (κ1) is 18.9. The van der Waals surface area contributed by atoms with Crippen LogP contribution in [0.15, 0.2) is 6.20 Å². The third-order valence-corrected chi connectivity index (χ3v) is 2.84. The van der Waals surface area contributed by atoms with Crippen LogP contribution in [-0.2, 0) is 25.5 Å². The average molecular weight is 328 g/mol. The van der Waals surface area contributed by atoms with E-state index in [2.05, 4.69) is 10.4 Å². The molecule has 0 bridgehead atoms. The van der Waals surface area contributed by atoms with Crippen molar-refractivity contribution in [1.82, 2.24) is 15.1 Å². The maximum Gasteiger partial charge on any atom is 0.343 e. The zero-order chi connectivity index (χ0) is 17.2. The number of esters is 1. The number of aromatic nitrogens is 2. The molecule has 0 unspecified atom stereocenters. The molecule has 9 nitrogen and oxygen atoms in total. The van der Waals surface area contributed by atoms with Gasteiger partial charge in [-0.2, -0.15) is 5.10 Å². The molecule has 0 radical (unpaired) electrons. The maximum absolute atomic E-state index is 11.9. The normalized spacial score (nSPS) is 10.8. The highest BCUT2D eigenvalue weighted by molar-refractivity contribution is 5.94. The predicted octanol–water partition coefficient (Wildman–Crippen LogP) is 0.157. The van der Waals surface area contributed by atoms with Crippen molar-refractivity contribution in [2.75, 3.05) is 32.1 Å². The van der Waals surface area contributed by atoms with Crippen LogP contribution in [0.25, 0.3) is 0 Å². The van der Waals surface area contributed by atoms with Gasteiger partial charge in [-0.25, -0.2) is 9.48 Å². The molecule has 1 aromatic rings. The highest BCUT2D eigenvalue weighted by Gasteiger charge is 2.19. The van der Waals surface area contributed by atoms with Gasteiger partial charge in [0.05, 0.1) is 19.3 Å². The molecule has 1 heterocycles. The van der Waals surface area contributed by atoms with Gasteiger partial charge < -0.3 is 25.3 Å². The van der Waals surface area contributed by atoms with E-state index in [0.717, 1.165) is 0 Å². The molecule has 0 saturated heterocycles. The van der Waals surface area contributed by atoms with E-state index < -0.39 is 12.3 Å². The smallest absolute Gasteiger partial charge is 0.343 e. The lowest BCUT2D eigenvalue weighted by Crippen LogP contribution is -2.26. The summed E-state index contributed by atoms with van der Waals surface area (Å²) >= 11 is 0. The summed E-state index contributed by atoms with van der Waals surface area (Å²) in [7, 11) is 0. The molecular formula is C14H24N4O5. The summed E-state index contributed by atoms with van der Waals surface area (Å²) in [5.41, 5.74) is 6.08. The third kappa shape index (κ3) is 6.25. The highest BCUT2D eigenvalue weighted by atomic mass is 16.7. The van der Waals surface area contributed by atoms with Crippen molar-refractivity contribution in [2.24, 2.45) is 0 Å². The van der Waals surface area contributed by atoms with Crippen molar-refractivity contribution in [3.05, 3.63) is 11.8 Å². The van der Waals surface area contributed by atoms with Crippen LogP contribution < -0.4 is 11.1 Å². The first-order valence-corrected chi connectivity index (χ1v) is 7.45. The van der Waals surface area contributed by atoms with Gasteiger partial charge in [0.25, 0.3) is 0 Å². The second-order valence-electron chi connectivity index (χ2n) is 4.58. The largest absolute Gasteiger partial charge is 0.460 e. The van der Waals surface area contributed by atoms with E-state index >= 15 is 0 Å². The van der Waals surface area contributed by atoms with Gasteiger partial charge in [-0.3, -0.25) is 4.79 Å². The molecule has 0 spiro atoms. The monoisotopic (exact) mass is 328 g/mol. The van der Waals surface area contributed by atoms with Crippen LogP contribution in [0, 0.1) is 0 Å². The van der Waals surface area contributed by atoms with Crippen molar-refractivity contribution in [2.45, 2.75) is 33.6 Å². The zero-order valence-corrected chi connectivity index (χ0v) is 13.7. The predicted molar refractivity (Wildman–Crippen MR) is 82.6 cm³/mol.